The molecular weight excluding hydrogens is 348 g/mol. The SMILES string of the molecule is CCOC(=O)Cc1csc(N/N=C\c2c(C)n(CC)c3ccccc23)n1. The quantitative estimate of drug-likeness (QED) is 0.388. The molecule has 0 radical (unpaired) electrons. The summed E-state index contributed by atoms with van der Waals surface area (Å²) in [6.45, 7) is 7.32. The van der Waals surface area contributed by atoms with E-state index < -0.39 is 0 Å². The second-order valence-electron chi connectivity index (χ2n) is 5.76. The van der Waals surface area contributed by atoms with Gasteiger partial charge in [-0.3, -0.25) is 10.2 Å². The van der Waals surface area contributed by atoms with E-state index in [4.69, 9.17) is 4.74 Å². The first-order chi connectivity index (χ1) is 12.6. The van der Waals surface area contributed by atoms with Crippen LogP contribution in [0, 0.1) is 6.92 Å². The van der Waals surface area contributed by atoms with E-state index in [1.807, 2.05) is 23.7 Å². The van der Waals surface area contributed by atoms with Gasteiger partial charge in [0.25, 0.3) is 0 Å². The van der Waals surface area contributed by atoms with Gasteiger partial charge in [-0.2, -0.15) is 5.10 Å². The number of anilines is 1. The number of aryl methyl sites for hydroxylation is 1. The van der Waals surface area contributed by atoms with E-state index >= 15 is 0 Å². The Morgan fingerprint density at radius 2 is 2.19 bits per heavy atom. The smallest absolute Gasteiger partial charge is 0.311 e. The summed E-state index contributed by atoms with van der Waals surface area (Å²) in [7, 11) is 0. The van der Waals surface area contributed by atoms with E-state index in [1.54, 1.807) is 6.92 Å². The van der Waals surface area contributed by atoms with Crippen molar-refractivity contribution in [1.29, 1.82) is 0 Å². The highest BCUT2D eigenvalue weighted by atomic mass is 32.1. The summed E-state index contributed by atoms with van der Waals surface area (Å²) >= 11 is 1.41. The van der Waals surface area contributed by atoms with Crippen LogP contribution in [0.2, 0.25) is 0 Å². The monoisotopic (exact) mass is 370 g/mol. The van der Waals surface area contributed by atoms with E-state index in [1.165, 1.54) is 27.9 Å². The Bertz CT molecular complexity index is 942. The minimum atomic E-state index is -0.268. The molecule has 0 atom stereocenters. The zero-order valence-electron chi connectivity index (χ0n) is 15.2. The van der Waals surface area contributed by atoms with Crippen LogP contribution in [0.25, 0.3) is 10.9 Å². The van der Waals surface area contributed by atoms with Crippen LogP contribution in [0.15, 0.2) is 34.7 Å². The van der Waals surface area contributed by atoms with Crippen molar-refractivity contribution in [1.82, 2.24) is 9.55 Å². The molecule has 6 nitrogen and oxygen atoms in total. The highest BCUT2D eigenvalue weighted by molar-refractivity contribution is 7.13. The molecule has 0 aliphatic heterocycles. The summed E-state index contributed by atoms with van der Waals surface area (Å²) in [6, 6.07) is 8.32. The van der Waals surface area contributed by atoms with Crippen molar-refractivity contribution in [2.45, 2.75) is 33.7 Å². The molecule has 0 spiro atoms. The maximum Gasteiger partial charge on any atom is 0.311 e. The van der Waals surface area contributed by atoms with Gasteiger partial charge in [-0.15, -0.1) is 11.3 Å². The van der Waals surface area contributed by atoms with Crippen molar-refractivity contribution >= 4 is 39.6 Å². The number of hydrazone groups is 1. The summed E-state index contributed by atoms with van der Waals surface area (Å²) in [6.07, 6.45) is 2.01. The van der Waals surface area contributed by atoms with Gasteiger partial charge in [0.1, 0.15) is 0 Å². The second kappa shape index (κ2) is 8.14. The van der Waals surface area contributed by atoms with Crippen molar-refractivity contribution in [3.63, 3.8) is 0 Å². The van der Waals surface area contributed by atoms with Gasteiger partial charge in [0.05, 0.1) is 24.9 Å². The van der Waals surface area contributed by atoms with Gasteiger partial charge in [0.2, 0.25) is 5.13 Å². The first-order valence-electron chi connectivity index (χ1n) is 8.61. The summed E-state index contributed by atoms with van der Waals surface area (Å²) in [4.78, 5) is 15.9. The topological polar surface area (TPSA) is 68.5 Å². The third-order valence-corrected chi connectivity index (χ3v) is 4.93. The van der Waals surface area contributed by atoms with E-state index in [0.717, 1.165) is 12.1 Å². The van der Waals surface area contributed by atoms with Crippen LogP contribution >= 0.6 is 11.3 Å². The lowest BCUT2D eigenvalue weighted by Gasteiger charge is -2.03. The maximum atomic E-state index is 11.5. The summed E-state index contributed by atoms with van der Waals surface area (Å²) in [5.41, 5.74) is 7.12. The van der Waals surface area contributed by atoms with Crippen molar-refractivity contribution in [3.8, 4) is 0 Å². The van der Waals surface area contributed by atoms with Gasteiger partial charge in [0, 0.05) is 34.1 Å². The Hall–Kier alpha value is -2.67. The molecule has 26 heavy (non-hydrogen) atoms. The Labute approximate surface area is 156 Å². The van der Waals surface area contributed by atoms with Crippen molar-refractivity contribution in [2.24, 2.45) is 5.10 Å². The first kappa shape index (κ1) is 18.1. The highest BCUT2D eigenvalue weighted by Crippen LogP contribution is 2.24. The average molecular weight is 370 g/mol. The molecule has 0 unspecified atom stereocenters. The number of rotatable bonds is 7. The number of ether oxygens (including phenoxy) is 1. The number of hydrogen-bond acceptors (Lipinski definition) is 6. The van der Waals surface area contributed by atoms with Crippen molar-refractivity contribution in [3.05, 3.63) is 46.6 Å². The zero-order chi connectivity index (χ0) is 18.5. The molecule has 0 bridgehead atoms. The number of esters is 1. The van der Waals surface area contributed by atoms with E-state index in [2.05, 4.69) is 46.1 Å². The van der Waals surface area contributed by atoms with Crippen LogP contribution in [0.3, 0.4) is 0 Å². The number of benzene rings is 1. The number of thiazole rings is 1. The molecule has 0 fully saturated rings. The normalized spacial score (nSPS) is 11.3. The number of nitrogens with zero attached hydrogens (tertiary/aromatic N) is 3. The van der Waals surface area contributed by atoms with Gasteiger partial charge in [0.15, 0.2) is 0 Å². The van der Waals surface area contributed by atoms with Crippen LogP contribution in [0.4, 0.5) is 5.13 Å². The van der Waals surface area contributed by atoms with Gasteiger partial charge >= 0.3 is 5.97 Å². The number of aromatic nitrogens is 2. The van der Waals surface area contributed by atoms with Crippen LogP contribution in [-0.2, 0) is 22.5 Å². The largest absolute Gasteiger partial charge is 0.466 e. The average Bonchev–Trinajstić information content (AvgIpc) is 3.17. The van der Waals surface area contributed by atoms with Gasteiger partial charge in [-0.05, 0) is 26.8 Å². The molecule has 2 aromatic heterocycles. The van der Waals surface area contributed by atoms with E-state index in [9.17, 15) is 4.79 Å². The number of para-hydroxylation sites is 1. The molecule has 0 amide bonds. The van der Waals surface area contributed by atoms with E-state index in [-0.39, 0.29) is 12.4 Å². The molecule has 1 N–H and O–H groups in total. The Morgan fingerprint density at radius 1 is 1.38 bits per heavy atom. The lowest BCUT2D eigenvalue weighted by Crippen LogP contribution is -2.07. The molecule has 1 aromatic carbocycles. The lowest BCUT2D eigenvalue weighted by molar-refractivity contribution is -0.142. The number of nitrogens with one attached hydrogen (secondary N) is 1. The van der Waals surface area contributed by atoms with Crippen LogP contribution < -0.4 is 5.43 Å². The van der Waals surface area contributed by atoms with Crippen molar-refractivity contribution < 1.29 is 9.53 Å². The minimum absolute atomic E-state index is 0.179. The predicted molar refractivity (Wildman–Crippen MR) is 106 cm³/mol. The molecule has 0 saturated carbocycles. The summed E-state index contributed by atoms with van der Waals surface area (Å²) < 4.78 is 7.21. The van der Waals surface area contributed by atoms with Crippen LogP contribution in [0.5, 0.6) is 0 Å². The third kappa shape index (κ3) is 3.77. The zero-order valence-corrected chi connectivity index (χ0v) is 16.0. The molecular formula is C19H22N4O2S. The molecule has 7 heteroatoms. The molecule has 2 heterocycles. The fourth-order valence-corrected chi connectivity index (χ4v) is 3.64. The van der Waals surface area contributed by atoms with Crippen LogP contribution in [-0.4, -0.2) is 28.3 Å². The summed E-state index contributed by atoms with van der Waals surface area (Å²) in [5, 5.41) is 8.01. The number of fused-ring (bicyclic) bond motifs is 1. The molecule has 136 valence electrons. The fraction of sp³-hybridized carbons (Fsp3) is 0.316. The number of carbonyl (C=O) groups excluding carboxylic acids is 1. The maximum absolute atomic E-state index is 11.5. The Balaban J connectivity index is 1.74. The second-order valence-corrected chi connectivity index (χ2v) is 6.61. The standard InChI is InChI=1S/C19H22N4O2S/c1-4-23-13(3)16(15-8-6-7-9-17(15)23)11-20-22-19-21-14(12-26-19)10-18(24)25-5-2/h6-9,11-12H,4-5,10H2,1-3H3,(H,21,22)/b20-11-. The molecule has 0 aliphatic carbocycles. The molecule has 0 saturated heterocycles. The third-order valence-electron chi connectivity index (χ3n) is 4.13. The first-order valence-corrected chi connectivity index (χ1v) is 9.48. The Kier molecular flexibility index (Phi) is 5.68. The number of carbonyl (C=O) groups is 1. The van der Waals surface area contributed by atoms with Gasteiger partial charge in [-0.25, -0.2) is 4.98 Å². The predicted octanol–water partition coefficient (Wildman–Crippen LogP) is 3.98. The molecule has 0 aliphatic rings. The highest BCUT2D eigenvalue weighted by Gasteiger charge is 2.11. The fourth-order valence-electron chi connectivity index (χ4n) is 2.98. The number of hydrogen-bond donors (Lipinski definition) is 1. The molecule has 3 aromatic rings. The summed E-state index contributed by atoms with van der Waals surface area (Å²) in [5.74, 6) is -0.268. The molecule has 3 rings (SSSR count). The minimum Gasteiger partial charge on any atom is -0.466 e. The van der Waals surface area contributed by atoms with E-state index in [0.29, 0.717) is 17.4 Å². The van der Waals surface area contributed by atoms with Gasteiger partial charge in [-0.1, -0.05) is 18.2 Å². The Morgan fingerprint density at radius 3 is 2.96 bits per heavy atom. The van der Waals surface area contributed by atoms with Crippen molar-refractivity contribution in [2.75, 3.05) is 12.0 Å². The van der Waals surface area contributed by atoms with Crippen LogP contribution in [0.1, 0.15) is 30.8 Å². The lowest BCUT2D eigenvalue weighted by atomic mass is 10.1. The van der Waals surface area contributed by atoms with Gasteiger partial charge < -0.3 is 9.30 Å².